The van der Waals surface area contributed by atoms with Crippen molar-refractivity contribution in [3.8, 4) is 0 Å². The average Bonchev–Trinajstić information content (AvgIpc) is 2.11. The van der Waals surface area contributed by atoms with E-state index in [1.807, 2.05) is 6.92 Å². The first-order chi connectivity index (χ1) is 4.93. The molecule has 3 unspecified atom stereocenters. The SMILES string of the molecule is CC1C(O)COC1C(C)(C)C. The van der Waals surface area contributed by atoms with Gasteiger partial charge in [0.05, 0.1) is 18.8 Å². The van der Waals surface area contributed by atoms with E-state index in [1.54, 1.807) is 0 Å². The average molecular weight is 158 g/mol. The van der Waals surface area contributed by atoms with Gasteiger partial charge in [-0.1, -0.05) is 27.7 Å². The van der Waals surface area contributed by atoms with Crippen LogP contribution in [0.5, 0.6) is 0 Å². The second-order valence-corrected chi connectivity index (χ2v) is 4.55. The fourth-order valence-corrected chi connectivity index (χ4v) is 1.75. The number of hydrogen-bond acceptors (Lipinski definition) is 2. The Balaban J connectivity index is 2.62. The van der Waals surface area contributed by atoms with Crippen molar-refractivity contribution in [2.45, 2.75) is 39.9 Å². The molecule has 0 saturated carbocycles. The van der Waals surface area contributed by atoms with E-state index < -0.39 is 0 Å². The third-order valence-electron chi connectivity index (χ3n) is 2.38. The van der Waals surface area contributed by atoms with Crippen LogP contribution in [0.25, 0.3) is 0 Å². The van der Waals surface area contributed by atoms with Gasteiger partial charge in [-0.05, 0) is 5.41 Å². The smallest absolute Gasteiger partial charge is 0.0824 e. The molecule has 0 aromatic rings. The molecule has 0 aromatic carbocycles. The molecule has 1 saturated heterocycles. The van der Waals surface area contributed by atoms with Gasteiger partial charge in [0.25, 0.3) is 0 Å². The number of aliphatic hydroxyl groups excluding tert-OH is 1. The molecule has 0 aromatic heterocycles. The normalized spacial score (nSPS) is 39.5. The number of aliphatic hydroxyl groups is 1. The molecule has 66 valence electrons. The van der Waals surface area contributed by atoms with E-state index in [0.29, 0.717) is 6.61 Å². The molecule has 2 nitrogen and oxygen atoms in total. The molecule has 0 spiro atoms. The number of rotatable bonds is 0. The Morgan fingerprint density at radius 3 is 2.09 bits per heavy atom. The summed E-state index contributed by atoms with van der Waals surface area (Å²) in [5, 5.41) is 9.41. The molecular weight excluding hydrogens is 140 g/mol. The second-order valence-electron chi connectivity index (χ2n) is 4.55. The van der Waals surface area contributed by atoms with Crippen LogP contribution in [0.4, 0.5) is 0 Å². The highest BCUT2D eigenvalue weighted by atomic mass is 16.5. The second kappa shape index (κ2) is 2.76. The van der Waals surface area contributed by atoms with Crippen molar-refractivity contribution in [1.82, 2.24) is 0 Å². The standard InChI is InChI=1S/C9H18O2/c1-6-7(10)5-11-8(6)9(2,3)4/h6-8,10H,5H2,1-4H3. The maximum absolute atomic E-state index is 9.41. The maximum Gasteiger partial charge on any atom is 0.0824 e. The minimum atomic E-state index is -0.265. The van der Waals surface area contributed by atoms with Crippen LogP contribution in [-0.2, 0) is 4.74 Å². The van der Waals surface area contributed by atoms with Crippen LogP contribution in [0.1, 0.15) is 27.7 Å². The Morgan fingerprint density at radius 1 is 1.36 bits per heavy atom. The molecular formula is C9H18O2. The molecule has 11 heavy (non-hydrogen) atoms. The van der Waals surface area contributed by atoms with Crippen LogP contribution in [0.2, 0.25) is 0 Å². The van der Waals surface area contributed by atoms with Gasteiger partial charge in [0.15, 0.2) is 0 Å². The zero-order chi connectivity index (χ0) is 8.65. The van der Waals surface area contributed by atoms with Crippen molar-refractivity contribution in [3.63, 3.8) is 0 Å². The molecule has 1 rings (SSSR count). The predicted molar refractivity (Wildman–Crippen MR) is 44.4 cm³/mol. The largest absolute Gasteiger partial charge is 0.390 e. The monoisotopic (exact) mass is 158 g/mol. The van der Waals surface area contributed by atoms with Crippen molar-refractivity contribution in [3.05, 3.63) is 0 Å². The lowest BCUT2D eigenvalue weighted by Gasteiger charge is -2.29. The van der Waals surface area contributed by atoms with E-state index in [2.05, 4.69) is 20.8 Å². The van der Waals surface area contributed by atoms with E-state index in [9.17, 15) is 5.11 Å². The van der Waals surface area contributed by atoms with E-state index in [4.69, 9.17) is 4.74 Å². The molecule has 0 bridgehead atoms. The molecule has 1 fully saturated rings. The summed E-state index contributed by atoms with van der Waals surface area (Å²) in [4.78, 5) is 0. The predicted octanol–water partition coefficient (Wildman–Crippen LogP) is 1.43. The quantitative estimate of drug-likeness (QED) is 0.578. The number of hydrogen-bond donors (Lipinski definition) is 1. The van der Waals surface area contributed by atoms with Crippen molar-refractivity contribution in [1.29, 1.82) is 0 Å². The van der Waals surface area contributed by atoms with Gasteiger partial charge in [-0.3, -0.25) is 0 Å². The van der Waals surface area contributed by atoms with Gasteiger partial charge >= 0.3 is 0 Å². The molecule has 1 heterocycles. The third-order valence-corrected chi connectivity index (χ3v) is 2.38. The summed E-state index contributed by atoms with van der Waals surface area (Å²) in [6.07, 6.45) is -0.0586. The highest BCUT2D eigenvalue weighted by Crippen LogP contribution is 2.34. The topological polar surface area (TPSA) is 29.5 Å². The summed E-state index contributed by atoms with van der Waals surface area (Å²) in [5.74, 6) is 0.273. The van der Waals surface area contributed by atoms with E-state index in [-0.39, 0.29) is 23.5 Å². The third kappa shape index (κ3) is 1.74. The van der Waals surface area contributed by atoms with Crippen molar-refractivity contribution >= 4 is 0 Å². The highest BCUT2D eigenvalue weighted by Gasteiger charge is 2.39. The van der Waals surface area contributed by atoms with Crippen LogP contribution in [0.3, 0.4) is 0 Å². The minimum absolute atomic E-state index is 0.150. The summed E-state index contributed by atoms with van der Waals surface area (Å²) in [5.41, 5.74) is 0.150. The molecule has 0 radical (unpaired) electrons. The highest BCUT2D eigenvalue weighted by molar-refractivity contribution is 4.87. The van der Waals surface area contributed by atoms with Crippen molar-refractivity contribution in [2.75, 3.05) is 6.61 Å². The van der Waals surface area contributed by atoms with Crippen LogP contribution in [0, 0.1) is 11.3 Å². The van der Waals surface area contributed by atoms with Gasteiger partial charge in [0.2, 0.25) is 0 Å². The Labute approximate surface area is 68.6 Å². The Bertz CT molecular complexity index is 137. The first-order valence-electron chi connectivity index (χ1n) is 4.22. The van der Waals surface area contributed by atoms with Gasteiger partial charge < -0.3 is 9.84 Å². The van der Waals surface area contributed by atoms with Gasteiger partial charge in [0.1, 0.15) is 0 Å². The molecule has 3 atom stereocenters. The van der Waals surface area contributed by atoms with Crippen molar-refractivity contribution < 1.29 is 9.84 Å². The van der Waals surface area contributed by atoms with Gasteiger partial charge in [-0.2, -0.15) is 0 Å². The Kier molecular flexibility index (Phi) is 2.26. The fraction of sp³-hybridized carbons (Fsp3) is 1.00. The fourth-order valence-electron chi connectivity index (χ4n) is 1.75. The maximum atomic E-state index is 9.41. The zero-order valence-electron chi connectivity index (χ0n) is 7.79. The van der Waals surface area contributed by atoms with Crippen LogP contribution in [-0.4, -0.2) is 23.9 Å². The lowest BCUT2D eigenvalue weighted by molar-refractivity contribution is 0.0105. The van der Waals surface area contributed by atoms with Gasteiger partial charge in [-0.25, -0.2) is 0 Å². The van der Waals surface area contributed by atoms with E-state index >= 15 is 0 Å². The molecule has 2 heteroatoms. The number of ether oxygens (including phenoxy) is 1. The molecule has 1 aliphatic rings. The Hall–Kier alpha value is -0.0800. The van der Waals surface area contributed by atoms with Crippen LogP contribution < -0.4 is 0 Å². The lowest BCUT2D eigenvalue weighted by Crippen LogP contribution is -2.32. The summed E-state index contributed by atoms with van der Waals surface area (Å²) in [6, 6.07) is 0. The summed E-state index contributed by atoms with van der Waals surface area (Å²) < 4.78 is 5.49. The zero-order valence-corrected chi connectivity index (χ0v) is 7.79. The van der Waals surface area contributed by atoms with Crippen LogP contribution in [0.15, 0.2) is 0 Å². The molecule has 0 amide bonds. The summed E-state index contributed by atoms with van der Waals surface area (Å²) >= 11 is 0. The summed E-state index contributed by atoms with van der Waals surface area (Å²) in [6.45, 7) is 8.99. The molecule has 1 N–H and O–H groups in total. The molecule has 1 aliphatic heterocycles. The van der Waals surface area contributed by atoms with Gasteiger partial charge in [-0.15, -0.1) is 0 Å². The first-order valence-corrected chi connectivity index (χ1v) is 4.22. The Morgan fingerprint density at radius 2 is 1.91 bits per heavy atom. The van der Waals surface area contributed by atoms with Crippen LogP contribution >= 0.6 is 0 Å². The minimum Gasteiger partial charge on any atom is -0.390 e. The molecule has 0 aliphatic carbocycles. The first kappa shape index (κ1) is 9.01. The summed E-state index contributed by atoms with van der Waals surface area (Å²) in [7, 11) is 0. The van der Waals surface area contributed by atoms with Gasteiger partial charge in [0, 0.05) is 5.92 Å². The lowest BCUT2D eigenvalue weighted by atomic mass is 9.81. The van der Waals surface area contributed by atoms with E-state index in [1.165, 1.54) is 0 Å². The van der Waals surface area contributed by atoms with E-state index in [0.717, 1.165) is 0 Å². The van der Waals surface area contributed by atoms with Crippen molar-refractivity contribution in [2.24, 2.45) is 11.3 Å².